The Morgan fingerprint density at radius 2 is 2.11 bits per heavy atom. The van der Waals surface area contributed by atoms with Crippen molar-refractivity contribution in [3.05, 3.63) is 52.8 Å². The van der Waals surface area contributed by atoms with Crippen LogP contribution < -0.4 is 5.32 Å². The zero-order valence-corrected chi connectivity index (χ0v) is 10.3. The Morgan fingerprint density at radius 1 is 1.33 bits per heavy atom. The number of amides is 1. The molecule has 4 nitrogen and oxygen atoms in total. The summed E-state index contributed by atoms with van der Waals surface area (Å²) >= 11 is 0. The molecule has 0 aliphatic carbocycles. The molecule has 0 saturated carbocycles. The number of anilines is 1. The van der Waals surface area contributed by atoms with E-state index in [0.29, 0.717) is 17.5 Å². The number of H-pyrrole nitrogens is 1. The molecule has 0 aliphatic heterocycles. The van der Waals surface area contributed by atoms with Crippen molar-refractivity contribution >= 4 is 17.9 Å². The highest BCUT2D eigenvalue weighted by Gasteiger charge is 2.10. The molecule has 1 aromatic carbocycles. The maximum absolute atomic E-state index is 11.9. The van der Waals surface area contributed by atoms with E-state index in [-0.39, 0.29) is 5.91 Å². The maximum atomic E-state index is 11.9. The van der Waals surface area contributed by atoms with Gasteiger partial charge in [-0.25, -0.2) is 0 Å². The smallest absolute Gasteiger partial charge is 0.272 e. The van der Waals surface area contributed by atoms with Gasteiger partial charge in [0.15, 0.2) is 6.29 Å². The summed E-state index contributed by atoms with van der Waals surface area (Å²) in [5.41, 5.74) is 3.77. The second-order valence-corrected chi connectivity index (χ2v) is 4.17. The first-order valence-corrected chi connectivity index (χ1v) is 5.63. The molecule has 0 bridgehead atoms. The predicted octanol–water partition coefficient (Wildman–Crippen LogP) is 2.70. The number of rotatable bonds is 3. The fraction of sp³-hybridized carbons (Fsp3) is 0.143. The zero-order valence-electron chi connectivity index (χ0n) is 10.3. The molecule has 0 radical (unpaired) electrons. The average Bonchev–Trinajstić information content (AvgIpc) is 2.83. The monoisotopic (exact) mass is 242 g/mol. The highest BCUT2D eigenvalue weighted by atomic mass is 16.2. The molecule has 0 saturated heterocycles. The van der Waals surface area contributed by atoms with Gasteiger partial charge >= 0.3 is 0 Å². The van der Waals surface area contributed by atoms with Gasteiger partial charge < -0.3 is 10.3 Å². The number of nitrogens with one attached hydrogen (secondary N) is 2. The van der Waals surface area contributed by atoms with Crippen molar-refractivity contribution in [3.63, 3.8) is 0 Å². The Balaban J connectivity index is 2.21. The lowest BCUT2D eigenvalue weighted by molar-refractivity contribution is 0.102. The minimum Gasteiger partial charge on any atom is -0.356 e. The number of hydrogen-bond acceptors (Lipinski definition) is 2. The van der Waals surface area contributed by atoms with E-state index >= 15 is 0 Å². The number of benzene rings is 1. The summed E-state index contributed by atoms with van der Waals surface area (Å²) in [5, 5.41) is 2.82. The van der Waals surface area contributed by atoms with Crippen LogP contribution in [0.5, 0.6) is 0 Å². The lowest BCUT2D eigenvalue weighted by Crippen LogP contribution is -2.13. The summed E-state index contributed by atoms with van der Waals surface area (Å²) in [6.45, 7) is 3.95. The lowest BCUT2D eigenvalue weighted by atomic mass is 10.1. The van der Waals surface area contributed by atoms with Crippen molar-refractivity contribution in [3.8, 4) is 0 Å². The molecular formula is C14H14N2O2. The van der Waals surface area contributed by atoms with Gasteiger partial charge in [0.05, 0.1) is 0 Å². The molecule has 0 fully saturated rings. The highest BCUT2D eigenvalue weighted by Crippen LogP contribution is 2.18. The van der Waals surface area contributed by atoms with E-state index in [4.69, 9.17) is 0 Å². The van der Waals surface area contributed by atoms with Gasteiger partial charge in [-0.2, -0.15) is 0 Å². The number of carbonyl (C=O) groups is 2. The molecule has 4 heteroatoms. The molecular weight excluding hydrogens is 228 g/mol. The number of aldehydes is 1. The molecule has 1 amide bonds. The van der Waals surface area contributed by atoms with Gasteiger partial charge in [-0.3, -0.25) is 9.59 Å². The lowest BCUT2D eigenvalue weighted by Gasteiger charge is -2.09. The van der Waals surface area contributed by atoms with Gasteiger partial charge in [0, 0.05) is 17.4 Å². The van der Waals surface area contributed by atoms with Crippen LogP contribution in [0.2, 0.25) is 0 Å². The van der Waals surface area contributed by atoms with Crippen molar-refractivity contribution in [1.29, 1.82) is 0 Å². The largest absolute Gasteiger partial charge is 0.356 e. The third-order valence-corrected chi connectivity index (χ3v) is 2.94. The summed E-state index contributed by atoms with van der Waals surface area (Å²) < 4.78 is 0. The summed E-state index contributed by atoms with van der Waals surface area (Å²) in [6.07, 6.45) is 2.20. The molecule has 1 heterocycles. The Bertz CT molecular complexity index is 600. The van der Waals surface area contributed by atoms with Gasteiger partial charge in [-0.05, 0) is 37.1 Å². The normalized spacial score (nSPS) is 10.1. The van der Waals surface area contributed by atoms with Crippen LogP contribution in [0, 0.1) is 13.8 Å². The van der Waals surface area contributed by atoms with Crippen LogP contribution in [0.4, 0.5) is 5.69 Å². The molecule has 2 N–H and O–H groups in total. The van der Waals surface area contributed by atoms with Crippen LogP contribution in [0.1, 0.15) is 32.0 Å². The van der Waals surface area contributed by atoms with Crippen LogP contribution in [-0.2, 0) is 0 Å². The van der Waals surface area contributed by atoms with Gasteiger partial charge in [0.2, 0.25) is 0 Å². The molecule has 0 atom stereocenters. The molecule has 18 heavy (non-hydrogen) atoms. The van der Waals surface area contributed by atoms with E-state index in [1.807, 2.05) is 32.0 Å². The topological polar surface area (TPSA) is 62.0 Å². The first-order chi connectivity index (χ1) is 8.61. The molecule has 0 unspecified atom stereocenters. The van der Waals surface area contributed by atoms with E-state index in [0.717, 1.165) is 16.8 Å². The Kier molecular flexibility index (Phi) is 3.28. The van der Waals surface area contributed by atoms with Gasteiger partial charge in [-0.15, -0.1) is 0 Å². The van der Waals surface area contributed by atoms with Crippen molar-refractivity contribution < 1.29 is 9.59 Å². The molecule has 2 rings (SSSR count). The number of aryl methyl sites for hydroxylation is 1. The first kappa shape index (κ1) is 12.1. The summed E-state index contributed by atoms with van der Waals surface area (Å²) in [7, 11) is 0. The maximum Gasteiger partial charge on any atom is 0.272 e. The van der Waals surface area contributed by atoms with Crippen molar-refractivity contribution in [1.82, 2.24) is 4.98 Å². The van der Waals surface area contributed by atoms with E-state index < -0.39 is 0 Å². The van der Waals surface area contributed by atoms with E-state index in [2.05, 4.69) is 10.3 Å². The number of hydrogen-bond donors (Lipinski definition) is 2. The Morgan fingerprint density at radius 3 is 2.78 bits per heavy atom. The summed E-state index contributed by atoms with van der Waals surface area (Å²) in [6, 6.07) is 7.25. The summed E-state index contributed by atoms with van der Waals surface area (Å²) in [5.74, 6) is -0.253. The number of aromatic nitrogens is 1. The quantitative estimate of drug-likeness (QED) is 0.813. The molecule has 92 valence electrons. The molecule has 1 aromatic heterocycles. The minimum atomic E-state index is -0.253. The highest BCUT2D eigenvalue weighted by molar-refractivity contribution is 6.04. The average molecular weight is 242 g/mol. The van der Waals surface area contributed by atoms with E-state index in [9.17, 15) is 9.59 Å². The van der Waals surface area contributed by atoms with Crippen molar-refractivity contribution in [2.75, 3.05) is 5.32 Å². The Labute approximate surface area is 105 Å². The predicted molar refractivity (Wildman–Crippen MR) is 70.0 cm³/mol. The zero-order chi connectivity index (χ0) is 13.1. The van der Waals surface area contributed by atoms with Gasteiger partial charge in [-0.1, -0.05) is 12.1 Å². The number of carbonyl (C=O) groups excluding carboxylic acids is 2. The third kappa shape index (κ3) is 2.32. The third-order valence-electron chi connectivity index (χ3n) is 2.94. The molecule has 0 spiro atoms. The van der Waals surface area contributed by atoms with Gasteiger partial charge in [0.1, 0.15) is 5.69 Å². The second kappa shape index (κ2) is 4.87. The standard InChI is InChI=1S/C14H14N2O2/c1-9-4-3-5-12(10(9)2)16-14(18)13-6-11(8-17)7-15-13/h3-8,15H,1-2H3,(H,16,18). The molecule has 0 aliphatic rings. The SMILES string of the molecule is Cc1cccc(NC(=O)c2cc(C=O)c[nH]2)c1C. The fourth-order valence-corrected chi connectivity index (χ4v) is 1.69. The van der Waals surface area contributed by atoms with Crippen molar-refractivity contribution in [2.24, 2.45) is 0 Å². The molecule has 2 aromatic rings. The first-order valence-electron chi connectivity index (χ1n) is 5.63. The Hall–Kier alpha value is -2.36. The van der Waals surface area contributed by atoms with Crippen LogP contribution in [0.3, 0.4) is 0 Å². The fourth-order valence-electron chi connectivity index (χ4n) is 1.69. The van der Waals surface area contributed by atoms with Gasteiger partial charge in [0.25, 0.3) is 5.91 Å². The minimum absolute atomic E-state index is 0.253. The van der Waals surface area contributed by atoms with Crippen LogP contribution in [-0.4, -0.2) is 17.2 Å². The van der Waals surface area contributed by atoms with Crippen molar-refractivity contribution in [2.45, 2.75) is 13.8 Å². The van der Waals surface area contributed by atoms with E-state index in [1.165, 1.54) is 12.3 Å². The van der Waals surface area contributed by atoms with E-state index in [1.54, 1.807) is 0 Å². The van der Waals surface area contributed by atoms with Crippen LogP contribution >= 0.6 is 0 Å². The number of aromatic amines is 1. The second-order valence-electron chi connectivity index (χ2n) is 4.17. The summed E-state index contributed by atoms with van der Waals surface area (Å²) in [4.78, 5) is 25.3. The van der Waals surface area contributed by atoms with Crippen LogP contribution in [0.15, 0.2) is 30.5 Å². The van der Waals surface area contributed by atoms with Crippen LogP contribution in [0.25, 0.3) is 0 Å².